The van der Waals surface area contributed by atoms with Crippen LogP contribution in [0.5, 0.6) is 0 Å². The lowest BCUT2D eigenvalue weighted by Crippen LogP contribution is -2.49. The number of fused-ring (bicyclic) bond motifs is 1. The number of piperidine rings is 2. The molecule has 2 fully saturated rings. The Kier molecular flexibility index (Phi) is 4.26. The van der Waals surface area contributed by atoms with Crippen LogP contribution in [0, 0.1) is 0 Å². The average Bonchev–Trinajstić information content (AvgIpc) is 3.03. The first-order valence-electron chi connectivity index (χ1n) is 8.85. The van der Waals surface area contributed by atoms with Crippen molar-refractivity contribution in [2.24, 2.45) is 0 Å². The van der Waals surface area contributed by atoms with Crippen molar-refractivity contribution < 1.29 is 8.78 Å². The second-order valence-electron chi connectivity index (χ2n) is 7.19. The summed E-state index contributed by atoms with van der Waals surface area (Å²) in [5.41, 5.74) is 2.37. The van der Waals surface area contributed by atoms with Gasteiger partial charge in [-0.25, -0.2) is 8.78 Å². The fraction of sp³-hybridized carbons (Fsp3) is 0.611. The number of rotatable bonds is 3. The van der Waals surface area contributed by atoms with Crippen molar-refractivity contribution in [2.75, 3.05) is 26.2 Å². The predicted molar refractivity (Wildman–Crippen MR) is 90.1 cm³/mol. The van der Waals surface area contributed by atoms with Crippen LogP contribution >= 0.6 is 0 Å². The Morgan fingerprint density at radius 1 is 1.12 bits per heavy atom. The summed E-state index contributed by atoms with van der Waals surface area (Å²) >= 11 is 0. The maximum absolute atomic E-state index is 13.3. The highest BCUT2D eigenvalue weighted by atomic mass is 19.3. The molecule has 2 saturated heterocycles. The second kappa shape index (κ2) is 6.41. The average molecular weight is 334 g/mol. The van der Waals surface area contributed by atoms with Crippen molar-refractivity contribution in [2.45, 2.75) is 44.2 Å². The maximum Gasteiger partial charge on any atom is 0.250 e. The fourth-order valence-electron chi connectivity index (χ4n) is 4.00. The zero-order chi connectivity index (χ0) is 16.6. The van der Waals surface area contributed by atoms with Gasteiger partial charge in [0.2, 0.25) is 0 Å². The Hall–Kier alpha value is -1.53. The summed E-state index contributed by atoms with van der Waals surface area (Å²) in [6.45, 7) is 4.12. The lowest BCUT2D eigenvalue weighted by molar-refractivity contribution is -0.0676. The standard InChI is InChI=1S/C18H24F2N4/c19-18(20)5-9-24(10-6-18)16-3-7-23(8-4-16)13-14-1-2-15-12-21-22-17(15)11-14/h1-2,11-12,16H,3-10,13H2,(H,21,22). The molecule has 0 spiro atoms. The van der Waals surface area contributed by atoms with Gasteiger partial charge in [-0.2, -0.15) is 5.10 Å². The number of aromatic amines is 1. The first-order chi connectivity index (χ1) is 11.6. The minimum atomic E-state index is -2.44. The Morgan fingerprint density at radius 3 is 2.62 bits per heavy atom. The van der Waals surface area contributed by atoms with Crippen LogP contribution < -0.4 is 0 Å². The third-order valence-corrected chi connectivity index (χ3v) is 5.52. The SMILES string of the molecule is FC1(F)CCN(C2CCN(Cc3ccc4cn[nH]c4c3)CC2)CC1. The molecule has 130 valence electrons. The van der Waals surface area contributed by atoms with Gasteiger partial charge in [-0.15, -0.1) is 0 Å². The molecule has 1 N–H and O–H groups in total. The van der Waals surface area contributed by atoms with E-state index in [1.54, 1.807) is 0 Å². The third-order valence-electron chi connectivity index (χ3n) is 5.52. The monoisotopic (exact) mass is 334 g/mol. The molecule has 0 unspecified atom stereocenters. The smallest absolute Gasteiger partial charge is 0.250 e. The maximum atomic E-state index is 13.3. The van der Waals surface area contributed by atoms with E-state index in [9.17, 15) is 8.78 Å². The molecular weight excluding hydrogens is 310 g/mol. The van der Waals surface area contributed by atoms with Crippen LogP contribution in [0.3, 0.4) is 0 Å². The molecule has 4 rings (SSSR count). The number of hydrogen-bond donors (Lipinski definition) is 1. The largest absolute Gasteiger partial charge is 0.300 e. The normalized spacial score (nSPS) is 23.8. The molecule has 0 atom stereocenters. The minimum absolute atomic E-state index is 0.0252. The lowest BCUT2D eigenvalue weighted by atomic mass is 9.98. The van der Waals surface area contributed by atoms with Crippen LogP contribution in [-0.2, 0) is 6.54 Å². The van der Waals surface area contributed by atoms with E-state index in [1.165, 1.54) is 5.56 Å². The van der Waals surface area contributed by atoms with E-state index in [-0.39, 0.29) is 12.8 Å². The van der Waals surface area contributed by atoms with Gasteiger partial charge in [-0.3, -0.25) is 14.9 Å². The highest BCUT2D eigenvalue weighted by molar-refractivity contribution is 5.78. The van der Waals surface area contributed by atoms with Gasteiger partial charge < -0.3 is 0 Å². The van der Waals surface area contributed by atoms with Crippen LogP contribution in [-0.4, -0.2) is 58.1 Å². The first-order valence-corrected chi connectivity index (χ1v) is 8.85. The van der Waals surface area contributed by atoms with E-state index in [2.05, 4.69) is 38.2 Å². The van der Waals surface area contributed by atoms with Gasteiger partial charge in [0.25, 0.3) is 5.92 Å². The van der Waals surface area contributed by atoms with Gasteiger partial charge in [0, 0.05) is 43.9 Å². The number of likely N-dealkylation sites (tertiary alicyclic amines) is 2. The molecule has 1 aromatic carbocycles. The van der Waals surface area contributed by atoms with Gasteiger partial charge in [0.1, 0.15) is 0 Å². The Bertz CT molecular complexity index is 681. The number of H-pyrrole nitrogens is 1. The second-order valence-corrected chi connectivity index (χ2v) is 7.19. The molecule has 2 aliphatic heterocycles. The van der Waals surface area contributed by atoms with E-state index in [0.717, 1.165) is 43.4 Å². The van der Waals surface area contributed by atoms with Gasteiger partial charge in [-0.1, -0.05) is 12.1 Å². The summed E-state index contributed by atoms with van der Waals surface area (Å²) in [4.78, 5) is 4.75. The molecule has 0 aliphatic carbocycles. The predicted octanol–water partition coefficient (Wildman–Crippen LogP) is 3.26. The number of benzene rings is 1. The van der Waals surface area contributed by atoms with E-state index < -0.39 is 5.92 Å². The summed E-state index contributed by atoms with van der Waals surface area (Å²) in [5, 5.41) is 8.22. The summed E-state index contributed by atoms with van der Waals surface area (Å²) in [6.07, 6.45) is 4.05. The highest BCUT2D eigenvalue weighted by Gasteiger charge is 2.36. The molecule has 4 nitrogen and oxygen atoms in total. The van der Waals surface area contributed by atoms with Crippen LogP contribution in [0.1, 0.15) is 31.2 Å². The van der Waals surface area contributed by atoms with Crippen LogP contribution in [0.4, 0.5) is 8.78 Å². The first kappa shape index (κ1) is 16.0. The van der Waals surface area contributed by atoms with Gasteiger partial charge >= 0.3 is 0 Å². The zero-order valence-electron chi connectivity index (χ0n) is 13.8. The van der Waals surface area contributed by atoms with Gasteiger partial charge in [0.05, 0.1) is 11.7 Å². The highest BCUT2D eigenvalue weighted by Crippen LogP contribution is 2.30. The molecule has 1 aromatic heterocycles. The van der Waals surface area contributed by atoms with Crippen molar-refractivity contribution in [1.82, 2.24) is 20.0 Å². The van der Waals surface area contributed by atoms with E-state index in [1.807, 2.05) is 6.20 Å². The van der Waals surface area contributed by atoms with Crippen molar-refractivity contribution >= 4 is 10.9 Å². The fourth-order valence-corrected chi connectivity index (χ4v) is 4.00. The van der Waals surface area contributed by atoms with Gasteiger partial charge in [-0.05, 0) is 37.6 Å². The molecule has 0 bridgehead atoms. The number of alkyl halides is 2. The Morgan fingerprint density at radius 2 is 1.88 bits per heavy atom. The molecule has 2 aliphatic rings. The third kappa shape index (κ3) is 3.44. The summed E-state index contributed by atoms with van der Waals surface area (Å²) in [5.74, 6) is -2.44. The van der Waals surface area contributed by atoms with E-state index in [0.29, 0.717) is 19.1 Å². The van der Waals surface area contributed by atoms with Crippen molar-refractivity contribution in [3.05, 3.63) is 30.0 Å². The van der Waals surface area contributed by atoms with Crippen LogP contribution in [0.15, 0.2) is 24.4 Å². The summed E-state index contributed by atoms with van der Waals surface area (Å²) in [6, 6.07) is 6.92. The molecular formula is C18H24F2N4. The topological polar surface area (TPSA) is 35.2 Å². The minimum Gasteiger partial charge on any atom is -0.300 e. The summed E-state index contributed by atoms with van der Waals surface area (Å²) < 4.78 is 26.6. The number of nitrogens with one attached hydrogen (secondary N) is 1. The molecule has 0 saturated carbocycles. The Labute approximate surface area is 140 Å². The number of halogens is 2. The molecule has 0 radical (unpaired) electrons. The quantitative estimate of drug-likeness (QED) is 0.936. The van der Waals surface area contributed by atoms with E-state index in [4.69, 9.17) is 0 Å². The van der Waals surface area contributed by atoms with Crippen LogP contribution in [0.25, 0.3) is 10.9 Å². The molecule has 0 amide bonds. The molecule has 3 heterocycles. The molecule has 2 aromatic rings. The number of aromatic nitrogens is 2. The molecule has 24 heavy (non-hydrogen) atoms. The summed E-state index contributed by atoms with van der Waals surface area (Å²) in [7, 11) is 0. The Balaban J connectivity index is 1.30. The number of hydrogen-bond acceptors (Lipinski definition) is 3. The van der Waals surface area contributed by atoms with Crippen molar-refractivity contribution in [1.29, 1.82) is 0 Å². The van der Waals surface area contributed by atoms with E-state index >= 15 is 0 Å². The number of nitrogens with zero attached hydrogens (tertiary/aromatic N) is 3. The zero-order valence-corrected chi connectivity index (χ0v) is 13.8. The van der Waals surface area contributed by atoms with Crippen LogP contribution in [0.2, 0.25) is 0 Å². The lowest BCUT2D eigenvalue weighted by Gasteiger charge is -2.41. The molecule has 6 heteroatoms. The van der Waals surface area contributed by atoms with Gasteiger partial charge in [0.15, 0.2) is 0 Å². The van der Waals surface area contributed by atoms with Crippen molar-refractivity contribution in [3.63, 3.8) is 0 Å². The van der Waals surface area contributed by atoms with Crippen molar-refractivity contribution in [3.8, 4) is 0 Å².